The molecule has 0 amide bonds. The summed E-state index contributed by atoms with van der Waals surface area (Å²) >= 11 is 1.52. The van der Waals surface area contributed by atoms with Gasteiger partial charge in [0.25, 0.3) is 5.69 Å². The molecule has 11 nitrogen and oxygen atoms in total. The van der Waals surface area contributed by atoms with E-state index in [1.807, 2.05) is 37.5 Å². The first kappa shape index (κ1) is 25.7. The molecule has 0 aliphatic carbocycles. The quantitative estimate of drug-likeness (QED) is 0.245. The fraction of sp³-hybridized carbons (Fsp3) is 0.375. The summed E-state index contributed by atoms with van der Waals surface area (Å²) in [5, 5.41) is 21.4. The maximum Gasteiger partial charge on any atom is 0.387 e. The van der Waals surface area contributed by atoms with E-state index in [2.05, 4.69) is 25.3 Å². The maximum absolute atomic E-state index is 13.4. The summed E-state index contributed by atoms with van der Waals surface area (Å²) in [6.45, 7) is -2.02. The number of nitro benzene ring substituents is 1. The molecule has 0 unspecified atom stereocenters. The highest BCUT2D eigenvalue weighted by Gasteiger charge is 2.29. The standard InChI is InChI=1S/C24H26F2N8O3S/c1-31(2)14-5-9-33(10-6-14)18-13-20(37-23(25)26)16(12-19(18)34(35)36)29-24-27-8-4-15(28-24)21-22-17(7-11-38-22)32(3)30-21/h4,7-8,11-14,23H,5-6,9-10H2,1-3H3,(H,27,28,29). The van der Waals surface area contributed by atoms with Crippen LogP contribution in [0.3, 0.4) is 0 Å². The molecule has 1 fully saturated rings. The number of aryl methyl sites for hydroxylation is 1. The molecule has 1 aromatic carbocycles. The SMILES string of the molecule is CN(C)C1CCN(c2cc(OC(F)F)c(Nc3nccc(-c4nn(C)c5ccsc45)n3)cc2[N+](=O)[O-])CC1. The fourth-order valence-corrected chi connectivity index (χ4v) is 5.61. The first-order valence-electron chi connectivity index (χ1n) is 11.9. The number of nitrogens with one attached hydrogen (secondary N) is 1. The minimum absolute atomic E-state index is 0.0385. The lowest BCUT2D eigenvalue weighted by Crippen LogP contribution is -2.42. The monoisotopic (exact) mass is 544 g/mol. The van der Waals surface area contributed by atoms with Crippen molar-refractivity contribution in [3.05, 3.63) is 46.0 Å². The Morgan fingerprint density at radius 3 is 2.71 bits per heavy atom. The third kappa shape index (κ3) is 5.09. The van der Waals surface area contributed by atoms with Crippen LogP contribution in [0, 0.1) is 10.1 Å². The number of aromatic nitrogens is 4. The molecule has 4 heterocycles. The Morgan fingerprint density at radius 2 is 2.03 bits per heavy atom. The number of hydrogen-bond acceptors (Lipinski definition) is 10. The van der Waals surface area contributed by atoms with Gasteiger partial charge in [-0.05, 0) is 44.4 Å². The number of rotatable bonds is 8. The van der Waals surface area contributed by atoms with Gasteiger partial charge in [0.1, 0.15) is 11.4 Å². The molecule has 1 aliphatic rings. The van der Waals surface area contributed by atoms with Gasteiger partial charge in [0.2, 0.25) is 5.95 Å². The Bertz CT molecular complexity index is 1470. The topological polar surface area (TPSA) is 114 Å². The van der Waals surface area contributed by atoms with E-state index >= 15 is 0 Å². The molecule has 14 heteroatoms. The number of halogens is 2. The molecule has 1 aliphatic heterocycles. The van der Waals surface area contributed by atoms with E-state index < -0.39 is 11.5 Å². The zero-order chi connectivity index (χ0) is 27.0. The Balaban J connectivity index is 1.50. The molecule has 4 aromatic rings. The second kappa shape index (κ2) is 10.5. The predicted molar refractivity (Wildman–Crippen MR) is 142 cm³/mol. The number of piperidine rings is 1. The van der Waals surface area contributed by atoms with Crippen molar-refractivity contribution in [3.63, 3.8) is 0 Å². The molecule has 0 spiro atoms. The highest BCUT2D eigenvalue weighted by atomic mass is 32.1. The van der Waals surface area contributed by atoms with Crippen molar-refractivity contribution in [1.29, 1.82) is 0 Å². The smallest absolute Gasteiger partial charge is 0.387 e. The second-order valence-electron chi connectivity index (χ2n) is 9.15. The Labute approximate surface area is 220 Å². The Morgan fingerprint density at radius 1 is 1.26 bits per heavy atom. The highest BCUT2D eigenvalue weighted by molar-refractivity contribution is 7.17. The average Bonchev–Trinajstić information content (AvgIpc) is 3.49. The molecule has 5 rings (SSSR count). The second-order valence-corrected chi connectivity index (χ2v) is 10.1. The van der Waals surface area contributed by atoms with Gasteiger partial charge in [0, 0.05) is 44.5 Å². The number of ether oxygens (including phenoxy) is 1. The molecule has 3 aromatic heterocycles. The van der Waals surface area contributed by atoms with E-state index in [-0.39, 0.29) is 28.8 Å². The van der Waals surface area contributed by atoms with Crippen molar-refractivity contribution in [2.45, 2.75) is 25.5 Å². The van der Waals surface area contributed by atoms with Crippen LogP contribution in [0.5, 0.6) is 5.75 Å². The lowest BCUT2D eigenvalue weighted by atomic mass is 10.0. The van der Waals surface area contributed by atoms with Gasteiger partial charge in [-0.25, -0.2) is 9.97 Å². The van der Waals surface area contributed by atoms with E-state index in [0.717, 1.165) is 23.1 Å². The van der Waals surface area contributed by atoms with Gasteiger partial charge in [0.05, 0.1) is 26.5 Å². The van der Waals surface area contributed by atoms with Gasteiger partial charge in [-0.3, -0.25) is 14.8 Å². The first-order valence-corrected chi connectivity index (χ1v) is 12.8. The minimum atomic E-state index is -3.13. The van der Waals surface area contributed by atoms with E-state index in [4.69, 9.17) is 4.74 Å². The molecule has 1 saturated heterocycles. The summed E-state index contributed by atoms with van der Waals surface area (Å²) in [7, 11) is 5.81. The number of nitrogens with zero attached hydrogens (tertiary/aromatic N) is 7. The van der Waals surface area contributed by atoms with E-state index in [0.29, 0.717) is 30.5 Å². The third-order valence-corrected chi connectivity index (χ3v) is 7.54. The van der Waals surface area contributed by atoms with Crippen LogP contribution in [0.15, 0.2) is 35.8 Å². The number of alkyl halides is 2. The van der Waals surface area contributed by atoms with Gasteiger partial charge < -0.3 is 19.9 Å². The van der Waals surface area contributed by atoms with Gasteiger partial charge in [-0.15, -0.1) is 11.3 Å². The highest BCUT2D eigenvalue weighted by Crippen LogP contribution is 2.41. The molecule has 1 N–H and O–H groups in total. The number of benzene rings is 1. The number of fused-ring (bicyclic) bond motifs is 1. The summed E-state index contributed by atoms with van der Waals surface area (Å²) in [4.78, 5) is 24.1. The van der Waals surface area contributed by atoms with Crippen molar-refractivity contribution >= 4 is 44.6 Å². The number of nitro groups is 1. The van der Waals surface area contributed by atoms with Crippen LogP contribution in [0.4, 0.5) is 31.8 Å². The molecule has 0 saturated carbocycles. The largest absolute Gasteiger partial charge is 0.433 e. The van der Waals surface area contributed by atoms with E-state index in [9.17, 15) is 18.9 Å². The molecule has 38 heavy (non-hydrogen) atoms. The van der Waals surface area contributed by atoms with Gasteiger partial charge >= 0.3 is 6.61 Å². The molecular weight excluding hydrogens is 518 g/mol. The average molecular weight is 545 g/mol. The van der Waals surface area contributed by atoms with Crippen molar-refractivity contribution < 1.29 is 18.4 Å². The number of hydrogen-bond donors (Lipinski definition) is 1. The van der Waals surface area contributed by atoms with Crippen LogP contribution in [-0.2, 0) is 7.05 Å². The lowest BCUT2D eigenvalue weighted by molar-refractivity contribution is -0.384. The number of thiophene rings is 1. The third-order valence-electron chi connectivity index (χ3n) is 6.63. The van der Waals surface area contributed by atoms with Crippen LogP contribution in [-0.4, -0.2) is 69.4 Å². The van der Waals surface area contributed by atoms with Crippen molar-refractivity contribution in [2.24, 2.45) is 7.05 Å². The molecule has 0 bridgehead atoms. The summed E-state index contributed by atoms with van der Waals surface area (Å²) in [6.07, 6.45) is 3.09. The molecule has 200 valence electrons. The fourth-order valence-electron chi connectivity index (χ4n) is 4.69. The van der Waals surface area contributed by atoms with Crippen LogP contribution in [0.1, 0.15) is 12.8 Å². The maximum atomic E-state index is 13.4. The van der Waals surface area contributed by atoms with Crippen LogP contribution in [0.2, 0.25) is 0 Å². The van der Waals surface area contributed by atoms with Crippen LogP contribution < -0.4 is 15.0 Å². The van der Waals surface area contributed by atoms with Crippen LogP contribution in [0.25, 0.3) is 21.6 Å². The number of anilines is 3. The molecule has 0 radical (unpaired) electrons. The summed E-state index contributed by atoms with van der Waals surface area (Å²) in [6, 6.07) is 6.47. The Hall–Kier alpha value is -3.91. The van der Waals surface area contributed by atoms with Crippen molar-refractivity contribution in [3.8, 4) is 17.1 Å². The normalized spacial score (nSPS) is 14.6. The van der Waals surface area contributed by atoms with Gasteiger partial charge in [0.15, 0.2) is 5.75 Å². The summed E-state index contributed by atoms with van der Waals surface area (Å²) in [5.41, 5.74) is 2.08. The molecular formula is C24H26F2N8O3S. The van der Waals surface area contributed by atoms with Crippen molar-refractivity contribution in [2.75, 3.05) is 37.4 Å². The summed E-state index contributed by atoms with van der Waals surface area (Å²) < 4.78 is 34.2. The Kier molecular flexibility index (Phi) is 7.08. The zero-order valence-corrected chi connectivity index (χ0v) is 21.8. The predicted octanol–water partition coefficient (Wildman–Crippen LogP) is 4.88. The summed E-state index contributed by atoms with van der Waals surface area (Å²) in [5.74, 6) is -0.173. The zero-order valence-electron chi connectivity index (χ0n) is 21.0. The van der Waals surface area contributed by atoms with Gasteiger partial charge in [-0.1, -0.05) is 0 Å². The van der Waals surface area contributed by atoms with Gasteiger partial charge in [-0.2, -0.15) is 13.9 Å². The first-order chi connectivity index (χ1) is 18.2. The van der Waals surface area contributed by atoms with Crippen molar-refractivity contribution in [1.82, 2.24) is 24.6 Å². The van der Waals surface area contributed by atoms with Crippen LogP contribution >= 0.6 is 11.3 Å². The minimum Gasteiger partial charge on any atom is -0.433 e. The molecule has 0 atom stereocenters. The lowest BCUT2D eigenvalue weighted by Gasteiger charge is -2.36. The van der Waals surface area contributed by atoms with E-state index in [1.165, 1.54) is 29.7 Å². The van der Waals surface area contributed by atoms with E-state index in [1.54, 1.807) is 10.7 Å².